The maximum atomic E-state index is 11.8. The third kappa shape index (κ3) is 2.58. The van der Waals surface area contributed by atoms with Gasteiger partial charge in [0.25, 0.3) is 0 Å². The fourth-order valence-corrected chi connectivity index (χ4v) is 3.58. The van der Waals surface area contributed by atoms with Gasteiger partial charge in [-0.05, 0) is 58.5 Å². The zero-order valence-electron chi connectivity index (χ0n) is 12.1. The number of likely N-dealkylation sites (N-methyl/N-ethyl adjacent to an activating group) is 1. The van der Waals surface area contributed by atoms with Gasteiger partial charge in [-0.1, -0.05) is 30.3 Å². The van der Waals surface area contributed by atoms with E-state index in [4.69, 9.17) is 0 Å². The van der Waals surface area contributed by atoms with Gasteiger partial charge in [0.15, 0.2) is 0 Å². The number of carbonyl (C=O) groups is 1. The van der Waals surface area contributed by atoms with E-state index in [-0.39, 0.29) is 11.9 Å². The number of anilines is 1. The number of carbonyl (C=O) groups excluding carboxylic acids is 1. The van der Waals surface area contributed by atoms with Crippen LogP contribution < -0.4 is 10.2 Å². The highest BCUT2D eigenvalue weighted by Gasteiger charge is 2.25. The first-order valence-corrected chi connectivity index (χ1v) is 8.00. The summed E-state index contributed by atoms with van der Waals surface area (Å²) in [6.45, 7) is 0. The van der Waals surface area contributed by atoms with Crippen molar-refractivity contribution < 1.29 is 4.79 Å². The van der Waals surface area contributed by atoms with Crippen molar-refractivity contribution in [3.63, 3.8) is 0 Å². The van der Waals surface area contributed by atoms with Crippen molar-refractivity contribution in [1.82, 2.24) is 5.32 Å². The van der Waals surface area contributed by atoms with Gasteiger partial charge in [0.1, 0.15) is 0 Å². The number of amides is 1. The van der Waals surface area contributed by atoms with Crippen molar-refractivity contribution in [2.24, 2.45) is 0 Å². The summed E-state index contributed by atoms with van der Waals surface area (Å²) in [5.74, 6) is 0.164. The van der Waals surface area contributed by atoms with Gasteiger partial charge < -0.3 is 10.2 Å². The van der Waals surface area contributed by atoms with E-state index in [1.54, 1.807) is 4.90 Å². The smallest absolute Gasteiger partial charge is 0.231 e. The molecule has 21 heavy (non-hydrogen) atoms. The number of nitrogens with one attached hydrogen (secondary N) is 1. The van der Waals surface area contributed by atoms with Crippen LogP contribution in [-0.4, -0.2) is 20.0 Å². The largest absolute Gasteiger partial charge is 0.315 e. The SMILES string of the molecule is CNC(c1ccc2c(c1)CC(=O)N2C)c1ccccc1I. The average Bonchev–Trinajstić information content (AvgIpc) is 2.77. The summed E-state index contributed by atoms with van der Waals surface area (Å²) in [6, 6.07) is 14.8. The zero-order chi connectivity index (χ0) is 15.0. The lowest BCUT2D eigenvalue weighted by Crippen LogP contribution is -2.20. The highest BCUT2D eigenvalue weighted by Crippen LogP contribution is 2.33. The number of fused-ring (bicyclic) bond motifs is 1. The van der Waals surface area contributed by atoms with Gasteiger partial charge in [0.05, 0.1) is 12.5 Å². The number of hydrogen-bond donors (Lipinski definition) is 1. The van der Waals surface area contributed by atoms with Gasteiger partial charge in [0.2, 0.25) is 5.91 Å². The number of rotatable bonds is 3. The second-order valence-corrected chi connectivity index (χ2v) is 6.42. The molecule has 3 nitrogen and oxygen atoms in total. The van der Waals surface area contributed by atoms with E-state index in [0.29, 0.717) is 6.42 Å². The molecule has 3 rings (SSSR count). The lowest BCUT2D eigenvalue weighted by atomic mass is 9.96. The molecule has 0 saturated carbocycles. The van der Waals surface area contributed by atoms with Crippen molar-refractivity contribution in [1.29, 1.82) is 0 Å². The van der Waals surface area contributed by atoms with E-state index in [1.165, 1.54) is 14.7 Å². The predicted octanol–water partition coefficient (Wildman–Crippen LogP) is 3.12. The molecule has 1 unspecified atom stereocenters. The Bertz CT molecular complexity index is 699. The molecular weight excluding hydrogens is 375 g/mol. The van der Waals surface area contributed by atoms with E-state index in [0.717, 1.165) is 11.3 Å². The van der Waals surface area contributed by atoms with E-state index < -0.39 is 0 Å². The third-order valence-electron chi connectivity index (χ3n) is 4.02. The topological polar surface area (TPSA) is 32.3 Å². The molecule has 4 heteroatoms. The molecule has 1 aliphatic heterocycles. The second-order valence-electron chi connectivity index (χ2n) is 5.26. The Morgan fingerprint density at radius 1 is 1.24 bits per heavy atom. The maximum Gasteiger partial charge on any atom is 0.231 e. The monoisotopic (exact) mass is 392 g/mol. The first-order valence-electron chi connectivity index (χ1n) is 6.93. The Kier molecular flexibility index (Phi) is 3.99. The average molecular weight is 392 g/mol. The Morgan fingerprint density at radius 3 is 2.71 bits per heavy atom. The van der Waals surface area contributed by atoms with E-state index in [1.807, 2.05) is 20.2 Å². The first-order chi connectivity index (χ1) is 10.1. The summed E-state index contributed by atoms with van der Waals surface area (Å²) in [5.41, 5.74) is 4.61. The molecular formula is C17H17IN2O. The lowest BCUT2D eigenvalue weighted by molar-refractivity contribution is -0.117. The summed E-state index contributed by atoms with van der Waals surface area (Å²) >= 11 is 2.37. The third-order valence-corrected chi connectivity index (χ3v) is 5.00. The van der Waals surface area contributed by atoms with E-state index >= 15 is 0 Å². The van der Waals surface area contributed by atoms with Crippen molar-refractivity contribution in [3.8, 4) is 0 Å². The molecule has 1 amide bonds. The van der Waals surface area contributed by atoms with Gasteiger partial charge in [-0.2, -0.15) is 0 Å². The molecule has 1 N–H and O–H groups in total. The van der Waals surface area contributed by atoms with Crippen LogP contribution in [0, 0.1) is 3.57 Å². The summed E-state index contributed by atoms with van der Waals surface area (Å²) in [7, 11) is 3.81. The molecule has 1 heterocycles. The van der Waals surface area contributed by atoms with Crippen LogP contribution in [0.25, 0.3) is 0 Å². The molecule has 0 fully saturated rings. The van der Waals surface area contributed by atoms with Crippen molar-refractivity contribution >= 4 is 34.2 Å². The molecule has 2 aromatic carbocycles. The summed E-state index contributed by atoms with van der Waals surface area (Å²) in [5, 5.41) is 3.39. The molecule has 0 bridgehead atoms. The Labute approximate surface area is 138 Å². The van der Waals surface area contributed by atoms with Gasteiger partial charge in [0, 0.05) is 16.3 Å². The van der Waals surface area contributed by atoms with Gasteiger partial charge in [-0.25, -0.2) is 0 Å². The quantitative estimate of drug-likeness (QED) is 0.815. The standard InChI is InChI=1S/C17H17IN2O/c1-19-17(13-5-3-4-6-14(13)18)11-7-8-15-12(9-11)10-16(21)20(15)2/h3-9,17,19H,10H2,1-2H3. The van der Waals surface area contributed by atoms with Gasteiger partial charge in [-0.3, -0.25) is 4.79 Å². The minimum Gasteiger partial charge on any atom is -0.315 e. The molecule has 0 radical (unpaired) electrons. The predicted molar refractivity (Wildman–Crippen MR) is 93.6 cm³/mol. The Balaban J connectivity index is 2.02. The van der Waals surface area contributed by atoms with Crippen LogP contribution in [0.3, 0.4) is 0 Å². The summed E-state index contributed by atoms with van der Waals surface area (Å²) < 4.78 is 1.24. The Morgan fingerprint density at radius 2 is 2.00 bits per heavy atom. The number of halogens is 1. The van der Waals surface area contributed by atoms with Crippen LogP contribution in [0.5, 0.6) is 0 Å². The number of nitrogens with zero attached hydrogens (tertiary/aromatic N) is 1. The normalized spacial score (nSPS) is 15.2. The second kappa shape index (κ2) is 5.77. The summed E-state index contributed by atoms with van der Waals surface area (Å²) in [4.78, 5) is 13.6. The van der Waals surface area contributed by atoms with Crippen molar-refractivity contribution in [2.45, 2.75) is 12.5 Å². The van der Waals surface area contributed by atoms with Crippen molar-refractivity contribution in [3.05, 3.63) is 62.7 Å². The molecule has 108 valence electrons. The first kappa shape index (κ1) is 14.5. The molecule has 0 aliphatic carbocycles. The number of hydrogen-bond acceptors (Lipinski definition) is 2. The minimum atomic E-state index is 0.143. The molecule has 0 saturated heterocycles. The van der Waals surface area contributed by atoms with Crippen LogP contribution in [-0.2, 0) is 11.2 Å². The molecule has 1 aliphatic rings. The van der Waals surface area contributed by atoms with Crippen LogP contribution >= 0.6 is 22.6 Å². The minimum absolute atomic E-state index is 0.143. The van der Waals surface area contributed by atoms with Crippen LogP contribution in [0.1, 0.15) is 22.7 Å². The van der Waals surface area contributed by atoms with Crippen LogP contribution in [0.15, 0.2) is 42.5 Å². The van der Waals surface area contributed by atoms with E-state index in [9.17, 15) is 4.79 Å². The summed E-state index contributed by atoms with van der Waals surface area (Å²) in [6.07, 6.45) is 0.502. The molecule has 1 atom stereocenters. The Hall–Kier alpha value is -1.40. The van der Waals surface area contributed by atoms with Crippen LogP contribution in [0.2, 0.25) is 0 Å². The zero-order valence-corrected chi connectivity index (χ0v) is 14.2. The fraction of sp³-hybridized carbons (Fsp3) is 0.235. The lowest BCUT2D eigenvalue weighted by Gasteiger charge is -2.20. The maximum absolute atomic E-state index is 11.8. The van der Waals surface area contributed by atoms with Crippen LogP contribution in [0.4, 0.5) is 5.69 Å². The molecule has 0 spiro atoms. The molecule has 0 aromatic heterocycles. The molecule has 2 aromatic rings. The van der Waals surface area contributed by atoms with Gasteiger partial charge >= 0.3 is 0 Å². The van der Waals surface area contributed by atoms with Gasteiger partial charge in [-0.15, -0.1) is 0 Å². The van der Waals surface area contributed by atoms with E-state index in [2.05, 4.69) is 64.3 Å². The van der Waals surface area contributed by atoms with Crippen molar-refractivity contribution in [2.75, 3.05) is 19.0 Å². The highest BCUT2D eigenvalue weighted by atomic mass is 127. The fourth-order valence-electron chi connectivity index (χ4n) is 2.88. The highest BCUT2D eigenvalue weighted by molar-refractivity contribution is 14.1. The number of benzene rings is 2.